The van der Waals surface area contributed by atoms with Crippen LogP contribution in [0.1, 0.15) is 27.2 Å². The van der Waals surface area contributed by atoms with Crippen LogP contribution in [0.25, 0.3) is 0 Å². The Hall–Kier alpha value is -1.64. The topological polar surface area (TPSA) is 108 Å². The largest absolute Gasteiger partial charge is 0.492 e. The Morgan fingerprint density at radius 1 is 1.38 bits per heavy atom. The zero-order chi connectivity index (χ0) is 19.6. The number of carbonyl (C=O) groups excluding carboxylic acids is 1. The van der Waals surface area contributed by atoms with Crippen molar-refractivity contribution in [3.63, 3.8) is 0 Å². The van der Waals surface area contributed by atoms with Gasteiger partial charge in [-0.1, -0.05) is 19.9 Å². The summed E-state index contributed by atoms with van der Waals surface area (Å²) >= 11 is 0. The van der Waals surface area contributed by atoms with E-state index in [1.165, 1.54) is 0 Å². The van der Waals surface area contributed by atoms with E-state index in [0.29, 0.717) is 24.5 Å². The Labute approximate surface area is 155 Å². The summed E-state index contributed by atoms with van der Waals surface area (Å²) in [5.74, 6) is 0.145. The first-order valence-electron chi connectivity index (χ1n) is 8.62. The van der Waals surface area contributed by atoms with Gasteiger partial charge in [0, 0.05) is 36.5 Å². The van der Waals surface area contributed by atoms with E-state index in [2.05, 4.69) is 5.32 Å². The Kier molecular flexibility index (Phi) is 5.99. The molecule has 0 aliphatic heterocycles. The number of sulfone groups is 1. The summed E-state index contributed by atoms with van der Waals surface area (Å²) in [4.78, 5) is 12.7. The molecule has 8 heteroatoms. The summed E-state index contributed by atoms with van der Waals surface area (Å²) in [6, 6.07) is 6.81. The molecule has 1 aromatic rings. The van der Waals surface area contributed by atoms with Crippen LogP contribution in [0.2, 0.25) is 0 Å². The van der Waals surface area contributed by atoms with E-state index in [9.17, 15) is 13.2 Å². The average molecular weight is 384 g/mol. The molecule has 1 aromatic carbocycles. The molecule has 1 saturated carbocycles. The van der Waals surface area contributed by atoms with Crippen LogP contribution >= 0.6 is 0 Å². The van der Waals surface area contributed by atoms with Crippen LogP contribution in [0.4, 0.5) is 5.69 Å². The molecule has 26 heavy (non-hydrogen) atoms. The summed E-state index contributed by atoms with van der Waals surface area (Å²) in [7, 11) is -3.08. The number of hydrogen-bond acceptors (Lipinski definition) is 6. The third kappa shape index (κ3) is 4.36. The zero-order valence-corrected chi connectivity index (χ0v) is 16.6. The van der Waals surface area contributed by atoms with E-state index < -0.39 is 20.8 Å². The van der Waals surface area contributed by atoms with E-state index in [1.807, 2.05) is 20.8 Å². The second-order valence-electron chi connectivity index (χ2n) is 7.30. The number of amides is 1. The van der Waals surface area contributed by atoms with Gasteiger partial charge in [0.2, 0.25) is 5.91 Å². The van der Waals surface area contributed by atoms with Crippen LogP contribution in [0, 0.1) is 5.41 Å². The normalized spacial score (nSPS) is 24.6. The molecule has 1 fully saturated rings. The second-order valence-corrected chi connectivity index (χ2v) is 9.56. The van der Waals surface area contributed by atoms with E-state index in [0.717, 1.165) is 6.26 Å². The van der Waals surface area contributed by atoms with Gasteiger partial charge in [-0.2, -0.15) is 0 Å². The first-order valence-corrected chi connectivity index (χ1v) is 10.7. The molecule has 146 valence electrons. The minimum atomic E-state index is -3.08. The van der Waals surface area contributed by atoms with Gasteiger partial charge in [0.15, 0.2) is 9.84 Å². The lowest BCUT2D eigenvalue weighted by molar-refractivity contribution is -0.166. The minimum Gasteiger partial charge on any atom is -0.492 e. The highest BCUT2D eigenvalue weighted by molar-refractivity contribution is 7.90. The van der Waals surface area contributed by atoms with Gasteiger partial charge in [-0.15, -0.1) is 0 Å². The molecule has 1 aliphatic carbocycles. The van der Waals surface area contributed by atoms with Crippen LogP contribution in [-0.4, -0.2) is 51.2 Å². The van der Waals surface area contributed by atoms with Gasteiger partial charge in [-0.3, -0.25) is 4.79 Å². The molecule has 2 unspecified atom stereocenters. The van der Waals surface area contributed by atoms with Gasteiger partial charge in [0.1, 0.15) is 17.9 Å². The Balaban J connectivity index is 2.00. The van der Waals surface area contributed by atoms with Crippen molar-refractivity contribution in [2.45, 2.75) is 38.8 Å². The maximum atomic E-state index is 12.7. The Bertz CT molecular complexity index is 763. The zero-order valence-electron chi connectivity index (χ0n) is 15.7. The predicted octanol–water partition coefficient (Wildman–Crippen LogP) is 1.58. The smallest absolute Gasteiger partial charge is 0.245 e. The average Bonchev–Trinajstić information content (AvgIpc) is 2.53. The molecule has 0 bridgehead atoms. The fourth-order valence-electron chi connectivity index (χ4n) is 3.04. The number of anilines is 1. The number of nitrogens with two attached hydrogens (primary N) is 1. The molecule has 0 saturated heterocycles. The maximum absolute atomic E-state index is 12.7. The van der Waals surface area contributed by atoms with Gasteiger partial charge in [-0.05, 0) is 19.1 Å². The molecule has 1 amide bonds. The fourth-order valence-corrected chi connectivity index (χ4v) is 3.42. The highest BCUT2D eigenvalue weighted by Crippen LogP contribution is 2.50. The van der Waals surface area contributed by atoms with Crippen molar-refractivity contribution < 1.29 is 22.7 Å². The molecule has 0 heterocycles. The van der Waals surface area contributed by atoms with Crippen molar-refractivity contribution in [2.75, 3.05) is 30.5 Å². The van der Waals surface area contributed by atoms with Gasteiger partial charge < -0.3 is 20.5 Å². The Morgan fingerprint density at radius 3 is 2.65 bits per heavy atom. The standard InChI is InChI=1S/C18H28N2O5S/c1-5-24-15-12-18(19,17(15,2)3)16(21)20-13-7-6-8-14(11-13)25-9-10-26(4,22)23/h6-8,11,15H,5,9-10,12,19H2,1-4H3,(H,20,21). The van der Waals surface area contributed by atoms with E-state index in [1.54, 1.807) is 24.3 Å². The quantitative estimate of drug-likeness (QED) is 0.705. The van der Waals surface area contributed by atoms with Crippen LogP contribution in [0.5, 0.6) is 5.75 Å². The van der Waals surface area contributed by atoms with Gasteiger partial charge in [-0.25, -0.2) is 8.42 Å². The number of nitrogens with one attached hydrogen (secondary N) is 1. The molecule has 2 rings (SSSR count). The lowest BCUT2D eigenvalue weighted by atomic mass is 9.54. The monoisotopic (exact) mass is 384 g/mol. The highest BCUT2D eigenvalue weighted by Gasteiger charge is 2.62. The lowest BCUT2D eigenvalue weighted by Crippen LogP contribution is -2.74. The van der Waals surface area contributed by atoms with Crippen molar-refractivity contribution in [2.24, 2.45) is 11.1 Å². The molecule has 1 aliphatic rings. The third-order valence-corrected chi connectivity index (χ3v) is 5.96. The van der Waals surface area contributed by atoms with Crippen molar-refractivity contribution in [3.05, 3.63) is 24.3 Å². The van der Waals surface area contributed by atoms with E-state index in [4.69, 9.17) is 15.2 Å². The fraction of sp³-hybridized carbons (Fsp3) is 0.611. The third-order valence-electron chi connectivity index (χ3n) is 5.05. The van der Waals surface area contributed by atoms with Crippen molar-refractivity contribution >= 4 is 21.4 Å². The molecule has 2 atom stereocenters. The molecule has 7 nitrogen and oxygen atoms in total. The summed E-state index contributed by atoms with van der Waals surface area (Å²) in [5, 5.41) is 2.83. The summed E-state index contributed by atoms with van der Waals surface area (Å²) in [5.41, 5.74) is 5.43. The SMILES string of the molecule is CCOC1CC(N)(C(=O)Nc2cccc(OCCS(C)(=O)=O)c2)C1(C)C. The molecule has 0 radical (unpaired) electrons. The number of hydrogen-bond donors (Lipinski definition) is 2. The van der Waals surface area contributed by atoms with E-state index in [-0.39, 0.29) is 24.4 Å². The molecular formula is C18H28N2O5S. The highest BCUT2D eigenvalue weighted by atomic mass is 32.2. The molecule has 0 spiro atoms. The summed E-state index contributed by atoms with van der Waals surface area (Å²) in [6.45, 7) is 6.42. The maximum Gasteiger partial charge on any atom is 0.245 e. The number of benzene rings is 1. The first kappa shape index (κ1) is 20.7. The number of rotatable bonds is 8. The van der Waals surface area contributed by atoms with Crippen molar-refractivity contribution in [1.82, 2.24) is 0 Å². The molecular weight excluding hydrogens is 356 g/mol. The van der Waals surface area contributed by atoms with Crippen LogP contribution < -0.4 is 15.8 Å². The van der Waals surface area contributed by atoms with Crippen molar-refractivity contribution in [3.8, 4) is 5.75 Å². The summed E-state index contributed by atoms with van der Waals surface area (Å²) < 4.78 is 33.4. The molecule has 0 aromatic heterocycles. The molecule has 3 N–H and O–H groups in total. The Morgan fingerprint density at radius 2 is 2.08 bits per heavy atom. The van der Waals surface area contributed by atoms with Crippen LogP contribution in [-0.2, 0) is 19.4 Å². The van der Waals surface area contributed by atoms with Crippen molar-refractivity contribution in [1.29, 1.82) is 0 Å². The second kappa shape index (κ2) is 7.54. The predicted molar refractivity (Wildman–Crippen MR) is 101 cm³/mol. The number of ether oxygens (including phenoxy) is 2. The van der Waals surface area contributed by atoms with E-state index >= 15 is 0 Å². The van der Waals surface area contributed by atoms with Gasteiger partial charge in [0.25, 0.3) is 0 Å². The van der Waals surface area contributed by atoms with Crippen LogP contribution in [0.3, 0.4) is 0 Å². The number of carbonyl (C=O) groups is 1. The lowest BCUT2D eigenvalue weighted by Gasteiger charge is -2.57. The van der Waals surface area contributed by atoms with Gasteiger partial charge in [0.05, 0.1) is 11.9 Å². The van der Waals surface area contributed by atoms with Gasteiger partial charge >= 0.3 is 0 Å². The first-order chi connectivity index (χ1) is 12.0. The minimum absolute atomic E-state index is 0.0473. The van der Waals surface area contributed by atoms with Crippen LogP contribution in [0.15, 0.2) is 24.3 Å². The summed E-state index contributed by atoms with van der Waals surface area (Å²) in [6.07, 6.45) is 1.57.